The van der Waals surface area contributed by atoms with E-state index in [0.717, 1.165) is 17.8 Å². The van der Waals surface area contributed by atoms with Gasteiger partial charge in [0.2, 0.25) is 0 Å². The molecule has 2 rings (SSSR count). The van der Waals surface area contributed by atoms with Gasteiger partial charge in [-0.2, -0.15) is 0 Å². The fraction of sp³-hybridized carbons (Fsp3) is 0.857. The number of fused-ring (bicyclic) bond motifs is 2. The summed E-state index contributed by atoms with van der Waals surface area (Å²) >= 11 is 0. The maximum absolute atomic E-state index is 2.65. The topological polar surface area (TPSA) is 3.24 Å². The van der Waals surface area contributed by atoms with Crippen LogP contribution >= 0.6 is 0 Å². The van der Waals surface area contributed by atoms with Crippen molar-refractivity contribution in [2.24, 2.45) is 17.8 Å². The zero-order valence-corrected chi connectivity index (χ0v) is 10.6. The van der Waals surface area contributed by atoms with Crippen molar-refractivity contribution < 1.29 is 0 Å². The molecule has 1 saturated carbocycles. The van der Waals surface area contributed by atoms with Crippen molar-refractivity contribution in [1.29, 1.82) is 0 Å². The zero-order valence-electron chi connectivity index (χ0n) is 10.6. The van der Waals surface area contributed by atoms with E-state index in [4.69, 9.17) is 0 Å². The van der Waals surface area contributed by atoms with E-state index < -0.39 is 0 Å². The van der Waals surface area contributed by atoms with Crippen molar-refractivity contribution >= 4 is 0 Å². The number of allylic oxidation sites excluding steroid dienone is 2. The summed E-state index contributed by atoms with van der Waals surface area (Å²) in [6.45, 7) is 10.6. The minimum atomic E-state index is 0.688. The SMILES string of the molecule is CC(C)N(CC1CC2C=CC1C2)C(C)C. The van der Waals surface area contributed by atoms with E-state index in [1.807, 2.05) is 0 Å². The Balaban J connectivity index is 1.93. The summed E-state index contributed by atoms with van der Waals surface area (Å²) in [4.78, 5) is 2.65. The Labute approximate surface area is 94.5 Å². The van der Waals surface area contributed by atoms with E-state index in [0.29, 0.717) is 12.1 Å². The van der Waals surface area contributed by atoms with Crippen molar-refractivity contribution in [1.82, 2.24) is 4.90 Å². The Hall–Kier alpha value is -0.300. The minimum absolute atomic E-state index is 0.688. The van der Waals surface area contributed by atoms with Gasteiger partial charge in [-0.3, -0.25) is 4.90 Å². The van der Waals surface area contributed by atoms with E-state index in [2.05, 4.69) is 44.7 Å². The number of hydrogen-bond acceptors (Lipinski definition) is 1. The van der Waals surface area contributed by atoms with Crippen molar-refractivity contribution in [3.05, 3.63) is 12.2 Å². The van der Waals surface area contributed by atoms with Crippen LogP contribution in [0, 0.1) is 17.8 Å². The lowest BCUT2D eigenvalue weighted by atomic mass is 9.92. The van der Waals surface area contributed by atoms with Crippen LogP contribution in [0.3, 0.4) is 0 Å². The Morgan fingerprint density at radius 1 is 1.07 bits per heavy atom. The van der Waals surface area contributed by atoms with Gasteiger partial charge in [0.15, 0.2) is 0 Å². The van der Waals surface area contributed by atoms with Gasteiger partial charge in [-0.25, -0.2) is 0 Å². The molecular formula is C14H25N. The molecular weight excluding hydrogens is 182 g/mol. The monoisotopic (exact) mass is 207 g/mol. The maximum Gasteiger partial charge on any atom is 0.00414 e. The van der Waals surface area contributed by atoms with E-state index in [-0.39, 0.29) is 0 Å². The molecule has 86 valence electrons. The lowest BCUT2D eigenvalue weighted by Gasteiger charge is -2.34. The van der Waals surface area contributed by atoms with Crippen LogP contribution in [0.15, 0.2) is 12.2 Å². The molecule has 0 aromatic heterocycles. The van der Waals surface area contributed by atoms with Crippen LogP contribution in [0.2, 0.25) is 0 Å². The average molecular weight is 207 g/mol. The molecule has 2 aliphatic carbocycles. The molecule has 0 amide bonds. The van der Waals surface area contributed by atoms with E-state index in [1.165, 1.54) is 19.4 Å². The van der Waals surface area contributed by atoms with E-state index in [1.54, 1.807) is 0 Å². The fourth-order valence-corrected chi connectivity index (χ4v) is 3.39. The highest BCUT2D eigenvalue weighted by molar-refractivity contribution is 5.10. The molecule has 0 heterocycles. The minimum Gasteiger partial charge on any atom is -0.298 e. The van der Waals surface area contributed by atoms with Gasteiger partial charge in [0.05, 0.1) is 0 Å². The molecule has 0 aromatic carbocycles. The molecule has 0 N–H and O–H groups in total. The molecule has 15 heavy (non-hydrogen) atoms. The van der Waals surface area contributed by atoms with Crippen molar-refractivity contribution in [2.45, 2.75) is 52.6 Å². The van der Waals surface area contributed by atoms with Gasteiger partial charge in [0.1, 0.15) is 0 Å². The predicted octanol–water partition coefficient (Wildman–Crippen LogP) is 3.32. The summed E-state index contributed by atoms with van der Waals surface area (Å²) < 4.78 is 0. The highest BCUT2D eigenvalue weighted by Crippen LogP contribution is 2.43. The van der Waals surface area contributed by atoms with E-state index >= 15 is 0 Å². The summed E-state index contributed by atoms with van der Waals surface area (Å²) in [5.41, 5.74) is 0. The van der Waals surface area contributed by atoms with Crippen LogP contribution in [0.1, 0.15) is 40.5 Å². The normalized spacial score (nSPS) is 33.9. The zero-order chi connectivity index (χ0) is 11.0. The van der Waals surface area contributed by atoms with Crippen LogP contribution in [0.5, 0.6) is 0 Å². The van der Waals surface area contributed by atoms with Crippen molar-refractivity contribution in [3.63, 3.8) is 0 Å². The summed E-state index contributed by atoms with van der Waals surface area (Å²) in [7, 11) is 0. The smallest absolute Gasteiger partial charge is 0.00414 e. The van der Waals surface area contributed by atoms with Crippen molar-refractivity contribution in [3.8, 4) is 0 Å². The summed E-state index contributed by atoms with van der Waals surface area (Å²) in [5.74, 6) is 2.75. The first-order chi connectivity index (χ1) is 7.08. The second-order valence-corrected chi connectivity index (χ2v) is 5.92. The van der Waals surface area contributed by atoms with Gasteiger partial charge in [-0.15, -0.1) is 0 Å². The van der Waals surface area contributed by atoms with Gasteiger partial charge in [-0.1, -0.05) is 12.2 Å². The predicted molar refractivity (Wildman–Crippen MR) is 65.8 cm³/mol. The van der Waals surface area contributed by atoms with Crippen molar-refractivity contribution in [2.75, 3.05) is 6.54 Å². The van der Waals surface area contributed by atoms with Crippen LogP contribution in [-0.2, 0) is 0 Å². The number of hydrogen-bond donors (Lipinski definition) is 0. The van der Waals surface area contributed by atoms with Crippen LogP contribution in [-0.4, -0.2) is 23.5 Å². The highest BCUT2D eigenvalue weighted by atomic mass is 15.2. The van der Waals surface area contributed by atoms with Gasteiger partial charge >= 0.3 is 0 Å². The molecule has 3 unspecified atom stereocenters. The summed E-state index contributed by atoms with van der Waals surface area (Å²) in [6, 6.07) is 1.38. The Morgan fingerprint density at radius 2 is 1.73 bits per heavy atom. The standard InChI is InChI=1S/C14H25N/c1-10(2)15(11(3)4)9-14-8-12-5-6-13(14)7-12/h5-6,10-14H,7-9H2,1-4H3. The van der Waals surface area contributed by atoms with Gasteiger partial charge in [0.25, 0.3) is 0 Å². The first-order valence-electron chi connectivity index (χ1n) is 6.52. The molecule has 2 aliphatic rings. The highest BCUT2D eigenvalue weighted by Gasteiger charge is 2.36. The summed E-state index contributed by atoms with van der Waals surface area (Å²) in [5, 5.41) is 0. The van der Waals surface area contributed by atoms with E-state index in [9.17, 15) is 0 Å². The third-order valence-electron chi connectivity index (χ3n) is 4.19. The Morgan fingerprint density at radius 3 is 2.13 bits per heavy atom. The lowest BCUT2D eigenvalue weighted by molar-refractivity contribution is 0.137. The second-order valence-electron chi connectivity index (χ2n) is 5.92. The first-order valence-corrected chi connectivity index (χ1v) is 6.52. The van der Waals surface area contributed by atoms with Crippen LogP contribution < -0.4 is 0 Å². The Bertz CT molecular complexity index is 234. The van der Waals surface area contributed by atoms with Gasteiger partial charge in [-0.05, 0) is 58.3 Å². The molecule has 0 aliphatic heterocycles. The molecule has 0 spiro atoms. The summed E-state index contributed by atoms with van der Waals surface area (Å²) in [6.07, 6.45) is 7.79. The van der Waals surface area contributed by atoms with Gasteiger partial charge < -0.3 is 0 Å². The molecule has 1 fully saturated rings. The quantitative estimate of drug-likeness (QED) is 0.639. The molecule has 0 radical (unpaired) electrons. The molecule has 3 atom stereocenters. The van der Waals surface area contributed by atoms with Crippen LogP contribution in [0.25, 0.3) is 0 Å². The third kappa shape index (κ3) is 2.28. The average Bonchev–Trinajstić information content (AvgIpc) is 2.73. The molecule has 1 nitrogen and oxygen atoms in total. The van der Waals surface area contributed by atoms with Gasteiger partial charge in [0, 0.05) is 18.6 Å². The molecule has 0 saturated heterocycles. The molecule has 0 aromatic rings. The second kappa shape index (κ2) is 4.29. The molecule has 1 heteroatoms. The molecule has 2 bridgehead atoms. The maximum atomic E-state index is 2.65. The number of nitrogens with zero attached hydrogens (tertiary/aromatic N) is 1. The number of rotatable bonds is 4. The van der Waals surface area contributed by atoms with Crippen LogP contribution in [0.4, 0.5) is 0 Å². The first kappa shape index (κ1) is 11.2. The third-order valence-corrected chi connectivity index (χ3v) is 4.19. The fourth-order valence-electron chi connectivity index (χ4n) is 3.39. The largest absolute Gasteiger partial charge is 0.298 e. The Kier molecular flexibility index (Phi) is 3.20. The lowest BCUT2D eigenvalue weighted by Crippen LogP contribution is -2.41.